The number of benzene rings is 1. The van der Waals surface area contributed by atoms with Gasteiger partial charge in [-0.25, -0.2) is 4.79 Å². The van der Waals surface area contributed by atoms with Crippen LogP contribution in [0.25, 0.3) is 10.9 Å². The van der Waals surface area contributed by atoms with Gasteiger partial charge in [-0.15, -0.1) is 0 Å². The molecule has 0 saturated carbocycles. The summed E-state index contributed by atoms with van der Waals surface area (Å²) in [6.45, 7) is 4.10. The molecule has 0 amide bonds. The van der Waals surface area contributed by atoms with Gasteiger partial charge in [0.05, 0.1) is 7.11 Å². The maximum Gasteiger partial charge on any atom is 0.354 e. The second-order valence-electron chi connectivity index (χ2n) is 3.64. The monoisotopic (exact) mass is 203 g/mol. The third-order valence-electron chi connectivity index (χ3n) is 2.75. The molecule has 1 heterocycles. The van der Waals surface area contributed by atoms with E-state index in [0.29, 0.717) is 5.69 Å². The zero-order chi connectivity index (χ0) is 11.0. The molecular formula is C12H13NO2. The molecule has 1 aromatic heterocycles. The maximum atomic E-state index is 11.3. The van der Waals surface area contributed by atoms with Crippen LogP contribution in [0.1, 0.15) is 21.6 Å². The van der Waals surface area contributed by atoms with Gasteiger partial charge >= 0.3 is 5.97 Å². The van der Waals surface area contributed by atoms with Gasteiger partial charge in [0.15, 0.2) is 0 Å². The first-order chi connectivity index (χ1) is 7.13. The van der Waals surface area contributed by atoms with Gasteiger partial charge in [0, 0.05) is 10.9 Å². The lowest BCUT2D eigenvalue weighted by Gasteiger charge is -1.99. The summed E-state index contributed by atoms with van der Waals surface area (Å²) in [7, 11) is 1.38. The third kappa shape index (κ3) is 1.50. The lowest BCUT2D eigenvalue weighted by Crippen LogP contribution is -2.00. The van der Waals surface area contributed by atoms with Gasteiger partial charge in [0.25, 0.3) is 0 Å². The number of fused-ring (bicyclic) bond motifs is 1. The molecule has 0 fully saturated rings. The number of nitrogens with one attached hydrogen (secondary N) is 1. The van der Waals surface area contributed by atoms with Crippen molar-refractivity contribution >= 4 is 16.9 Å². The van der Waals surface area contributed by atoms with E-state index in [1.165, 1.54) is 18.2 Å². The van der Waals surface area contributed by atoms with E-state index >= 15 is 0 Å². The number of hydrogen-bond donors (Lipinski definition) is 1. The molecule has 15 heavy (non-hydrogen) atoms. The molecular weight excluding hydrogens is 190 g/mol. The fourth-order valence-corrected chi connectivity index (χ4v) is 1.68. The van der Waals surface area contributed by atoms with Crippen LogP contribution in [0.4, 0.5) is 0 Å². The van der Waals surface area contributed by atoms with E-state index in [-0.39, 0.29) is 5.97 Å². The molecule has 0 atom stereocenters. The second-order valence-corrected chi connectivity index (χ2v) is 3.64. The van der Waals surface area contributed by atoms with Crippen molar-refractivity contribution in [3.63, 3.8) is 0 Å². The smallest absolute Gasteiger partial charge is 0.354 e. The molecule has 0 radical (unpaired) electrons. The Balaban J connectivity index is 2.66. The standard InChI is InChI=1S/C12H13NO2/c1-7-4-5-10-9(8(7)2)6-11(13-10)12(14)15-3/h4-6,13H,1-3H3. The Labute approximate surface area is 88.1 Å². The molecule has 0 saturated heterocycles. The Morgan fingerprint density at radius 2 is 2.07 bits per heavy atom. The van der Waals surface area contributed by atoms with Gasteiger partial charge in [0.2, 0.25) is 0 Å². The Morgan fingerprint density at radius 3 is 2.73 bits per heavy atom. The number of carbonyl (C=O) groups excluding carboxylic acids is 1. The number of H-pyrrole nitrogens is 1. The maximum absolute atomic E-state index is 11.3. The summed E-state index contributed by atoms with van der Waals surface area (Å²) >= 11 is 0. The Hall–Kier alpha value is -1.77. The molecule has 1 N–H and O–H groups in total. The minimum atomic E-state index is -0.330. The molecule has 0 unspecified atom stereocenters. The fraction of sp³-hybridized carbons (Fsp3) is 0.250. The van der Waals surface area contributed by atoms with E-state index in [9.17, 15) is 4.79 Å². The van der Waals surface area contributed by atoms with Crippen LogP contribution < -0.4 is 0 Å². The summed E-state index contributed by atoms with van der Waals surface area (Å²) in [6.07, 6.45) is 0. The van der Waals surface area contributed by atoms with Crippen LogP contribution in [-0.4, -0.2) is 18.1 Å². The van der Waals surface area contributed by atoms with Crippen molar-refractivity contribution in [1.29, 1.82) is 0 Å². The van der Waals surface area contributed by atoms with E-state index in [2.05, 4.69) is 16.6 Å². The Kier molecular flexibility index (Phi) is 2.23. The predicted octanol–water partition coefficient (Wildman–Crippen LogP) is 2.57. The van der Waals surface area contributed by atoms with Crippen LogP contribution in [0.15, 0.2) is 18.2 Å². The minimum Gasteiger partial charge on any atom is -0.464 e. The second kappa shape index (κ2) is 3.42. The van der Waals surface area contributed by atoms with Crippen LogP contribution in [-0.2, 0) is 4.74 Å². The van der Waals surface area contributed by atoms with E-state index in [1.54, 1.807) is 0 Å². The summed E-state index contributed by atoms with van der Waals surface area (Å²) in [4.78, 5) is 14.4. The number of ether oxygens (including phenoxy) is 1. The average Bonchev–Trinajstić information content (AvgIpc) is 2.67. The largest absolute Gasteiger partial charge is 0.464 e. The number of methoxy groups -OCH3 is 1. The van der Waals surface area contributed by atoms with Crippen LogP contribution in [0.3, 0.4) is 0 Å². The van der Waals surface area contributed by atoms with Crippen LogP contribution >= 0.6 is 0 Å². The molecule has 0 aliphatic heterocycles. The van der Waals surface area contributed by atoms with E-state index in [0.717, 1.165) is 10.9 Å². The zero-order valence-corrected chi connectivity index (χ0v) is 9.05. The van der Waals surface area contributed by atoms with E-state index in [4.69, 9.17) is 0 Å². The molecule has 78 valence electrons. The van der Waals surface area contributed by atoms with Crippen LogP contribution in [0.2, 0.25) is 0 Å². The normalized spacial score (nSPS) is 10.6. The summed E-state index contributed by atoms with van der Waals surface area (Å²) in [5.74, 6) is -0.330. The van der Waals surface area contributed by atoms with Crippen LogP contribution in [0.5, 0.6) is 0 Å². The van der Waals surface area contributed by atoms with Gasteiger partial charge in [-0.1, -0.05) is 6.07 Å². The minimum absolute atomic E-state index is 0.330. The first kappa shape index (κ1) is 9.77. The van der Waals surface area contributed by atoms with Crippen molar-refractivity contribution < 1.29 is 9.53 Å². The molecule has 3 heteroatoms. The van der Waals surface area contributed by atoms with Gasteiger partial charge in [-0.3, -0.25) is 0 Å². The highest BCUT2D eigenvalue weighted by molar-refractivity contribution is 5.96. The van der Waals surface area contributed by atoms with Gasteiger partial charge in [-0.05, 0) is 37.1 Å². The van der Waals surface area contributed by atoms with Crippen LogP contribution in [0, 0.1) is 13.8 Å². The lowest BCUT2D eigenvalue weighted by molar-refractivity contribution is 0.0595. The zero-order valence-electron chi connectivity index (χ0n) is 9.05. The molecule has 2 rings (SSSR count). The van der Waals surface area contributed by atoms with Crippen molar-refractivity contribution in [1.82, 2.24) is 4.98 Å². The van der Waals surface area contributed by atoms with Gasteiger partial charge < -0.3 is 9.72 Å². The number of rotatable bonds is 1. The van der Waals surface area contributed by atoms with E-state index < -0.39 is 0 Å². The summed E-state index contributed by atoms with van der Waals surface area (Å²) in [5.41, 5.74) is 3.89. The quantitative estimate of drug-likeness (QED) is 0.724. The summed E-state index contributed by atoms with van der Waals surface area (Å²) in [6, 6.07) is 5.85. The number of hydrogen-bond acceptors (Lipinski definition) is 2. The average molecular weight is 203 g/mol. The first-order valence-electron chi connectivity index (χ1n) is 4.80. The summed E-state index contributed by atoms with van der Waals surface area (Å²) < 4.78 is 4.67. The van der Waals surface area contributed by atoms with Crippen molar-refractivity contribution in [2.45, 2.75) is 13.8 Å². The van der Waals surface area contributed by atoms with Crippen molar-refractivity contribution in [3.05, 3.63) is 35.0 Å². The molecule has 0 bridgehead atoms. The number of esters is 1. The molecule has 0 spiro atoms. The highest BCUT2D eigenvalue weighted by Gasteiger charge is 2.10. The molecule has 0 aliphatic carbocycles. The Bertz CT molecular complexity index is 526. The summed E-state index contributed by atoms with van der Waals surface area (Å²) in [5, 5.41) is 1.08. The number of aryl methyl sites for hydroxylation is 2. The highest BCUT2D eigenvalue weighted by Crippen LogP contribution is 2.22. The topological polar surface area (TPSA) is 42.1 Å². The molecule has 3 nitrogen and oxygen atoms in total. The van der Waals surface area contributed by atoms with Gasteiger partial charge in [0.1, 0.15) is 5.69 Å². The predicted molar refractivity (Wildman–Crippen MR) is 59.1 cm³/mol. The highest BCUT2D eigenvalue weighted by atomic mass is 16.5. The van der Waals surface area contributed by atoms with Gasteiger partial charge in [-0.2, -0.15) is 0 Å². The first-order valence-corrected chi connectivity index (χ1v) is 4.80. The number of carbonyl (C=O) groups is 1. The molecule has 0 aliphatic rings. The fourth-order valence-electron chi connectivity index (χ4n) is 1.68. The third-order valence-corrected chi connectivity index (χ3v) is 2.75. The van der Waals surface area contributed by atoms with Crippen molar-refractivity contribution in [2.75, 3.05) is 7.11 Å². The lowest BCUT2D eigenvalue weighted by atomic mass is 10.1. The molecule has 2 aromatic rings. The van der Waals surface area contributed by atoms with Crippen molar-refractivity contribution in [2.24, 2.45) is 0 Å². The van der Waals surface area contributed by atoms with Crippen molar-refractivity contribution in [3.8, 4) is 0 Å². The Morgan fingerprint density at radius 1 is 1.33 bits per heavy atom. The number of aromatic nitrogens is 1. The van der Waals surface area contributed by atoms with E-state index in [1.807, 2.05) is 25.1 Å². The SMILES string of the molecule is COC(=O)c1cc2c(C)c(C)ccc2[nH]1. The number of aromatic amines is 1. The molecule has 1 aromatic carbocycles.